The maximum atomic E-state index is 14.8. The Morgan fingerprint density at radius 1 is 1.04 bits per heavy atom. The van der Waals surface area contributed by atoms with Gasteiger partial charge in [0.2, 0.25) is 17.7 Å². The van der Waals surface area contributed by atoms with E-state index in [0.717, 1.165) is 13.1 Å². The summed E-state index contributed by atoms with van der Waals surface area (Å²) in [6.07, 6.45) is 6.86. The fraction of sp³-hybridized carbons (Fsp3) is 0.611. The van der Waals surface area contributed by atoms with Crippen LogP contribution in [0.1, 0.15) is 44.8 Å². The molecule has 12 heteroatoms. The highest BCUT2D eigenvalue weighted by atomic mass is 16.6. The number of hydrogen-bond donors (Lipinski definition) is 2. The number of amides is 3. The van der Waals surface area contributed by atoms with E-state index in [1.165, 1.54) is 4.90 Å². The number of aliphatic hydroxyl groups is 1. The zero-order chi connectivity index (χ0) is 33.8. The number of fused-ring (bicyclic) bond motifs is 2. The second-order valence-electron chi connectivity index (χ2n) is 13.5. The molecule has 48 heavy (non-hydrogen) atoms. The lowest BCUT2D eigenvalue weighted by Crippen LogP contribution is -2.59. The number of nitrogens with one attached hydrogen (secondary N) is 1. The lowest BCUT2D eigenvalue weighted by molar-refractivity contribution is -0.161. The van der Waals surface area contributed by atoms with Crippen molar-refractivity contribution in [3.05, 3.63) is 60.2 Å². The second-order valence-corrected chi connectivity index (χ2v) is 13.5. The van der Waals surface area contributed by atoms with Gasteiger partial charge in [0.25, 0.3) is 0 Å². The summed E-state index contributed by atoms with van der Waals surface area (Å²) in [6.45, 7) is 7.97. The molecule has 260 valence electrons. The second kappa shape index (κ2) is 14.9. The van der Waals surface area contributed by atoms with Gasteiger partial charge in [-0.2, -0.15) is 0 Å². The molecule has 5 aliphatic heterocycles. The number of likely N-dealkylation sites (tertiary alicyclic amines) is 1. The molecule has 5 heterocycles. The van der Waals surface area contributed by atoms with Gasteiger partial charge in [-0.05, 0) is 17.9 Å². The molecule has 2 N–H and O–H groups in total. The van der Waals surface area contributed by atoms with Crippen molar-refractivity contribution in [2.75, 3.05) is 59.1 Å². The number of cyclic esters (lactones) is 1. The standard InChI is InChI=1S/C36H48N4O8/c1-3-24(2)26(23-41)40-32-34(44)39(17-16-38-18-20-46-21-19-38)15-9-14-36(32)31(33(40)43)30-27(48-36)12-7-8-13-29(42)37-22-28(47-35(30)45)25-10-5-4-6-11-25/h4-7,9-12,14,24,26-28,30-32,41H,3,8,13,15-23H2,1-2H3,(H,37,42)/b12-7-/t24-,26-,27-,28+,30+,31+,32-,36+/m0/s1. The minimum absolute atomic E-state index is 0.0755. The average molecular weight is 665 g/mol. The number of esters is 1. The van der Waals surface area contributed by atoms with Crippen LogP contribution in [0.2, 0.25) is 0 Å². The van der Waals surface area contributed by atoms with Gasteiger partial charge in [0.15, 0.2) is 0 Å². The van der Waals surface area contributed by atoms with Crippen molar-refractivity contribution in [1.82, 2.24) is 20.0 Å². The van der Waals surface area contributed by atoms with Crippen LogP contribution in [0.3, 0.4) is 0 Å². The molecule has 3 fully saturated rings. The van der Waals surface area contributed by atoms with Crippen molar-refractivity contribution in [3.63, 3.8) is 0 Å². The third kappa shape index (κ3) is 6.55. The van der Waals surface area contributed by atoms with E-state index in [9.17, 15) is 24.3 Å². The Morgan fingerprint density at radius 2 is 1.81 bits per heavy atom. The highest BCUT2D eigenvalue weighted by Crippen LogP contribution is 2.54. The van der Waals surface area contributed by atoms with E-state index in [1.54, 1.807) is 17.1 Å². The lowest BCUT2D eigenvalue weighted by atomic mass is 9.77. The number of carbonyl (C=O) groups is 4. The van der Waals surface area contributed by atoms with Crippen molar-refractivity contribution in [2.24, 2.45) is 17.8 Å². The molecule has 0 saturated carbocycles. The van der Waals surface area contributed by atoms with Gasteiger partial charge in [0.1, 0.15) is 23.7 Å². The van der Waals surface area contributed by atoms with Gasteiger partial charge in [0, 0.05) is 39.1 Å². The molecule has 0 radical (unpaired) electrons. The third-order valence-electron chi connectivity index (χ3n) is 10.7. The summed E-state index contributed by atoms with van der Waals surface area (Å²) in [5.74, 6) is -3.71. The van der Waals surface area contributed by atoms with E-state index in [-0.39, 0.29) is 37.3 Å². The van der Waals surface area contributed by atoms with Gasteiger partial charge in [-0.1, -0.05) is 74.9 Å². The summed E-state index contributed by atoms with van der Waals surface area (Å²) in [4.78, 5) is 62.1. The van der Waals surface area contributed by atoms with Crippen molar-refractivity contribution < 1.29 is 38.5 Å². The molecule has 5 aliphatic rings. The molecule has 3 amide bonds. The van der Waals surface area contributed by atoms with Gasteiger partial charge in [-0.15, -0.1) is 0 Å². The molecule has 3 saturated heterocycles. The molecule has 1 spiro atoms. The van der Waals surface area contributed by atoms with Crippen molar-refractivity contribution in [1.29, 1.82) is 0 Å². The number of allylic oxidation sites excluding steroid dienone is 1. The molecule has 6 rings (SSSR count). The van der Waals surface area contributed by atoms with Crippen LogP contribution in [0.25, 0.3) is 0 Å². The molecule has 1 aromatic rings. The SMILES string of the molecule is CC[C@H](C)[C@H](CO)N1C(=O)[C@H]2[C@@H]3C(=O)O[C@@H](c4ccccc4)CNC(=O)CC/C=C\[C@@H]3O[C@]23C=CCN(CCN2CCOCC2)C(=O)[C@H]13. The van der Waals surface area contributed by atoms with Crippen LogP contribution in [0.4, 0.5) is 0 Å². The summed E-state index contributed by atoms with van der Waals surface area (Å²) in [5.41, 5.74) is -0.753. The minimum Gasteiger partial charge on any atom is -0.455 e. The molecular formula is C36H48N4O8. The topological polar surface area (TPSA) is 138 Å². The third-order valence-corrected chi connectivity index (χ3v) is 10.7. The first-order chi connectivity index (χ1) is 23.3. The molecule has 0 aromatic heterocycles. The van der Waals surface area contributed by atoms with Crippen LogP contribution < -0.4 is 5.32 Å². The van der Waals surface area contributed by atoms with Crippen LogP contribution in [0.15, 0.2) is 54.6 Å². The molecule has 0 bridgehead atoms. The number of benzene rings is 1. The first kappa shape index (κ1) is 34.3. The lowest BCUT2D eigenvalue weighted by Gasteiger charge is -2.40. The summed E-state index contributed by atoms with van der Waals surface area (Å²) in [7, 11) is 0. The smallest absolute Gasteiger partial charge is 0.313 e. The Bertz CT molecular complexity index is 1400. The molecule has 8 atom stereocenters. The predicted molar refractivity (Wildman–Crippen MR) is 175 cm³/mol. The monoisotopic (exact) mass is 664 g/mol. The highest BCUT2D eigenvalue weighted by molar-refractivity contribution is 5.99. The van der Waals surface area contributed by atoms with Crippen LogP contribution in [0, 0.1) is 17.8 Å². The predicted octanol–water partition coefficient (Wildman–Crippen LogP) is 1.46. The minimum atomic E-state index is -1.46. The summed E-state index contributed by atoms with van der Waals surface area (Å²) >= 11 is 0. The fourth-order valence-corrected chi connectivity index (χ4v) is 7.85. The average Bonchev–Trinajstić information content (AvgIpc) is 3.49. The van der Waals surface area contributed by atoms with Crippen molar-refractivity contribution in [3.8, 4) is 0 Å². The van der Waals surface area contributed by atoms with Crippen molar-refractivity contribution >= 4 is 23.7 Å². The number of carbonyl (C=O) groups excluding carboxylic acids is 4. The molecule has 12 nitrogen and oxygen atoms in total. The van der Waals surface area contributed by atoms with Gasteiger partial charge in [-0.25, -0.2) is 0 Å². The molecule has 1 aromatic carbocycles. The molecule has 0 aliphatic carbocycles. The van der Waals surface area contributed by atoms with E-state index in [0.29, 0.717) is 51.3 Å². The highest BCUT2D eigenvalue weighted by Gasteiger charge is 2.72. The van der Waals surface area contributed by atoms with Gasteiger partial charge in [-0.3, -0.25) is 24.1 Å². The Morgan fingerprint density at radius 3 is 2.54 bits per heavy atom. The number of aliphatic hydroxyl groups excluding tert-OH is 1. The summed E-state index contributed by atoms with van der Waals surface area (Å²) in [5, 5.41) is 13.6. The van der Waals surface area contributed by atoms with Crippen LogP contribution in [0.5, 0.6) is 0 Å². The van der Waals surface area contributed by atoms with Gasteiger partial charge >= 0.3 is 5.97 Å². The summed E-state index contributed by atoms with van der Waals surface area (Å²) < 4.78 is 18.5. The quantitative estimate of drug-likeness (QED) is 0.313. The normalized spacial score (nSPS) is 33.4. The van der Waals surface area contributed by atoms with E-state index < -0.39 is 53.6 Å². The Kier molecular flexibility index (Phi) is 10.6. The maximum absolute atomic E-state index is 14.8. The van der Waals surface area contributed by atoms with Crippen LogP contribution in [-0.2, 0) is 33.4 Å². The van der Waals surface area contributed by atoms with Crippen LogP contribution >= 0.6 is 0 Å². The van der Waals surface area contributed by atoms with E-state index in [2.05, 4.69) is 10.2 Å². The number of rotatable bonds is 8. The Hall–Kier alpha value is -3.58. The van der Waals surface area contributed by atoms with Crippen molar-refractivity contribution in [2.45, 2.75) is 63.0 Å². The number of nitrogens with zero attached hydrogens (tertiary/aromatic N) is 3. The largest absolute Gasteiger partial charge is 0.455 e. The zero-order valence-electron chi connectivity index (χ0n) is 27.9. The number of morpholine rings is 1. The number of ether oxygens (including phenoxy) is 3. The first-order valence-electron chi connectivity index (χ1n) is 17.3. The van der Waals surface area contributed by atoms with Crippen LogP contribution in [-0.4, -0.2) is 126 Å². The van der Waals surface area contributed by atoms with E-state index in [4.69, 9.17) is 14.2 Å². The molecule has 0 unspecified atom stereocenters. The maximum Gasteiger partial charge on any atom is 0.313 e. The number of hydrogen-bond acceptors (Lipinski definition) is 9. The molecular weight excluding hydrogens is 616 g/mol. The van der Waals surface area contributed by atoms with E-state index >= 15 is 0 Å². The zero-order valence-corrected chi connectivity index (χ0v) is 27.9. The van der Waals surface area contributed by atoms with E-state index in [1.807, 2.05) is 56.3 Å². The first-order valence-corrected chi connectivity index (χ1v) is 17.3. The van der Waals surface area contributed by atoms with Gasteiger partial charge < -0.3 is 34.4 Å². The Balaban J connectivity index is 1.39. The van der Waals surface area contributed by atoms with Gasteiger partial charge in [0.05, 0.1) is 44.4 Å². The Labute approximate surface area is 282 Å². The fourth-order valence-electron chi connectivity index (χ4n) is 7.85. The summed E-state index contributed by atoms with van der Waals surface area (Å²) in [6, 6.07) is 7.44.